The number of phenolic OH excluding ortho intramolecular Hbond substituents is 3. The number of ketones is 2. The fourth-order valence-corrected chi connectivity index (χ4v) is 13.4. The smallest absolute Gasteiger partial charge is 0.330 e. The van der Waals surface area contributed by atoms with E-state index in [1.54, 1.807) is 6.92 Å². The Morgan fingerprint density at radius 1 is 0.733 bits per heavy atom. The van der Waals surface area contributed by atoms with Crippen LogP contribution in [0, 0.1) is 17.8 Å². The van der Waals surface area contributed by atoms with Crippen LogP contribution in [0.3, 0.4) is 0 Å². The van der Waals surface area contributed by atoms with Gasteiger partial charge >= 0.3 is 5.97 Å². The van der Waals surface area contributed by atoms with Gasteiger partial charge in [0, 0.05) is 59.9 Å². The summed E-state index contributed by atoms with van der Waals surface area (Å²) in [5, 5.41) is 134. The van der Waals surface area contributed by atoms with E-state index in [1.807, 2.05) is 13.8 Å². The van der Waals surface area contributed by atoms with Crippen LogP contribution in [0.5, 0.6) is 46.0 Å². The molecule has 0 radical (unpaired) electrons. The van der Waals surface area contributed by atoms with Gasteiger partial charge < -0.3 is 117 Å². The summed E-state index contributed by atoms with van der Waals surface area (Å²) in [5.41, 5.74) is 8.00. The number of nitrogens with one attached hydrogen (secondary N) is 4. The van der Waals surface area contributed by atoms with E-state index >= 15 is 14.4 Å². The molecule has 19 N–H and O–H groups in total. The van der Waals surface area contributed by atoms with Gasteiger partial charge in [0.05, 0.1) is 28.5 Å². The van der Waals surface area contributed by atoms with Gasteiger partial charge in [-0.2, -0.15) is 0 Å². The SMILES string of the molecule is CC[C@H](CC(C)C)C(=O)N[C@H]1C(=O)C[C@@H](CC(N)=O)C(=O)N[C@H]2C(=O)C[C@H]3C(=O)N[C@H](C(=O)N[C@@H](C(=O)O)c4cc(O)cc(O)c4-c4cc3ccc4O)[C@H](O)c3ccc(c(Cl)c3)Oc3cc2cc(c3O[C@H]2O[C@@H](CO)[C@H](O)[C@@H](O)[C@@H]2O[C@H]2C[C@](C)(N)[C@H](O)[C@H](O)O2)Oc2ccc(cc2Cl)[C@H]1O. The van der Waals surface area contributed by atoms with Crippen LogP contribution in [-0.4, -0.2) is 177 Å². The fraction of sp³-hybridized carbons (Fsp3) is 0.441. The van der Waals surface area contributed by atoms with E-state index in [1.165, 1.54) is 19.1 Å². The van der Waals surface area contributed by atoms with Gasteiger partial charge in [-0.3, -0.25) is 33.6 Å². The number of primary amides is 1. The van der Waals surface area contributed by atoms with E-state index in [0.29, 0.717) is 6.42 Å². The third kappa shape index (κ3) is 16.0. The molecule has 11 bridgehead atoms. The molecule has 2 saturated heterocycles. The van der Waals surface area contributed by atoms with Crippen LogP contribution in [0.4, 0.5) is 0 Å². The quantitative estimate of drug-likeness (QED) is 0.0805. The number of aliphatic hydroxyl groups is 7. The second-order valence-electron chi connectivity index (χ2n) is 26.3. The van der Waals surface area contributed by atoms with Crippen LogP contribution >= 0.6 is 23.2 Å². The standard InChI is InChI=1S/C68H76Cl2N6O25/c1-5-26(12-25(2)3)61(89)75-52-40(81)16-31(19-47(71)83)62(90)73-50-30-17-44(96-42-10-7-28(54(52)84)14-36(42)69)58(101-67-59(57(87)56(86)46(24-77)98-67)99-48-23-68(4,72)60(88)66(95)100-48)45(18-30)97-43-11-8-29(15-37(43)70)55(85)53-64(92)74-51(65(93)94)35-20-32(78)21-39(80)49(35)34-13-27(6-9-38(34)79)33(22-41(50)82)63(91)76-53/h6-11,13-15,17-18,20-21,25-26,31,33,46,48,50-57,59-60,66-67,77-80,84-88,95H,5,12,16,19,22-24,72H2,1-4H3,(H2,71,83)(H,73,90)(H,74,92)(H,75,89)(H,76,91)(H,93,94)/t26-,31+,33-,46+,48-,50-,51-,52+,53+,54-,55-,56+,57-,59+,60-,66-,67-,68+/m1/s1. The van der Waals surface area contributed by atoms with Crippen LogP contribution in [0.15, 0.2) is 78.9 Å². The molecule has 542 valence electrons. The average molecular weight is 1450 g/mol. The molecule has 0 aromatic heterocycles. The predicted molar refractivity (Wildman–Crippen MR) is 349 cm³/mol. The zero-order valence-electron chi connectivity index (χ0n) is 54.4. The summed E-state index contributed by atoms with van der Waals surface area (Å²) in [6.07, 6.45) is -22.1. The lowest BCUT2D eigenvalue weighted by Crippen LogP contribution is -2.65. The van der Waals surface area contributed by atoms with Gasteiger partial charge in [-0.05, 0) is 103 Å². The molecule has 7 aliphatic heterocycles. The number of halogens is 2. The first-order valence-corrected chi connectivity index (χ1v) is 32.8. The highest BCUT2D eigenvalue weighted by molar-refractivity contribution is 6.32. The van der Waals surface area contributed by atoms with Crippen molar-refractivity contribution in [1.82, 2.24) is 21.3 Å². The third-order valence-electron chi connectivity index (χ3n) is 18.4. The maximum absolute atomic E-state index is 16.1. The number of Topliss-reactive ketones (excluding diaryl/α,β-unsaturated/α-hetero) is 2. The van der Waals surface area contributed by atoms with Crippen molar-refractivity contribution in [2.24, 2.45) is 29.2 Å². The number of rotatable bonds is 13. The number of carbonyl (C=O) groups excluding carboxylic acids is 7. The fourth-order valence-electron chi connectivity index (χ4n) is 12.9. The Balaban J connectivity index is 1.24. The molecule has 0 unspecified atom stereocenters. The van der Waals surface area contributed by atoms with Crippen molar-refractivity contribution in [2.75, 3.05) is 6.61 Å². The molecular formula is C68H76Cl2N6O25. The Bertz CT molecular complexity index is 4070. The number of fused-ring (bicyclic) bond motifs is 15. The lowest BCUT2D eigenvalue weighted by molar-refractivity contribution is -0.354. The van der Waals surface area contributed by atoms with E-state index in [4.69, 9.17) is 63.1 Å². The number of aromatic hydroxyl groups is 3. The largest absolute Gasteiger partial charge is 0.508 e. The predicted octanol–water partition coefficient (Wildman–Crippen LogP) is 2.45. The van der Waals surface area contributed by atoms with Crippen LogP contribution in [-0.2, 0) is 52.6 Å². The summed E-state index contributed by atoms with van der Waals surface area (Å²) in [6, 6.07) is 5.35. The molecule has 31 nitrogen and oxygen atoms in total. The number of carboxylic acid groups (broad SMARTS) is 1. The van der Waals surface area contributed by atoms with E-state index < -0.39 is 256 Å². The molecule has 101 heavy (non-hydrogen) atoms. The molecule has 5 aromatic carbocycles. The molecule has 33 heteroatoms. The molecule has 2 fully saturated rings. The molecule has 7 aliphatic rings. The summed E-state index contributed by atoms with van der Waals surface area (Å²) < 4.78 is 37.7. The first-order chi connectivity index (χ1) is 47.7. The number of benzene rings is 5. The maximum atomic E-state index is 16.1. The molecule has 5 amide bonds. The van der Waals surface area contributed by atoms with Gasteiger partial charge in [-0.1, -0.05) is 62.2 Å². The normalized spacial score (nSPS) is 29.6. The Labute approximate surface area is 585 Å². The zero-order chi connectivity index (χ0) is 73.5. The van der Waals surface area contributed by atoms with Gasteiger partial charge in [-0.15, -0.1) is 0 Å². The molecule has 12 rings (SSSR count). The van der Waals surface area contributed by atoms with E-state index in [2.05, 4.69) is 21.3 Å². The lowest BCUT2D eigenvalue weighted by Gasteiger charge is -2.46. The summed E-state index contributed by atoms with van der Waals surface area (Å²) in [6.45, 7) is 5.83. The van der Waals surface area contributed by atoms with Crippen molar-refractivity contribution in [3.05, 3.63) is 117 Å². The van der Waals surface area contributed by atoms with Crippen LogP contribution in [0.25, 0.3) is 11.1 Å². The molecule has 5 aromatic rings. The monoisotopic (exact) mass is 1450 g/mol. The number of hydrogen-bond donors (Lipinski definition) is 17. The van der Waals surface area contributed by atoms with Crippen LogP contribution in [0.1, 0.15) is 124 Å². The Hall–Kier alpha value is -8.80. The van der Waals surface area contributed by atoms with E-state index in [0.717, 1.165) is 66.7 Å². The highest BCUT2D eigenvalue weighted by Crippen LogP contribution is 2.50. The summed E-state index contributed by atoms with van der Waals surface area (Å²) >= 11 is 14.1. The van der Waals surface area contributed by atoms with E-state index in [9.17, 15) is 80.1 Å². The van der Waals surface area contributed by atoms with Crippen molar-refractivity contribution in [3.8, 4) is 57.1 Å². The first-order valence-electron chi connectivity index (χ1n) is 32.1. The Morgan fingerprint density at radius 2 is 1.37 bits per heavy atom. The van der Waals surface area contributed by atoms with E-state index in [-0.39, 0.29) is 39.8 Å². The van der Waals surface area contributed by atoms with Gasteiger partial charge in [-0.25, -0.2) is 4.79 Å². The minimum Gasteiger partial charge on any atom is -0.508 e. The summed E-state index contributed by atoms with van der Waals surface area (Å²) in [5.74, 6) is -19.3. The number of aliphatic hydroxyl groups excluding tert-OH is 7. The Morgan fingerprint density at radius 3 is 1.95 bits per heavy atom. The second-order valence-corrected chi connectivity index (χ2v) is 27.1. The number of carbonyl (C=O) groups is 8. The summed E-state index contributed by atoms with van der Waals surface area (Å²) in [4.78, 5) is 117. The zero-order valence-corrected chi connectivity index (χ0v) is 55.9. The molecule has 0 aliphatic carbocycles. The minimum absolute atomic E-state index is 0.0226. The molecule has 0 spiro atoms. The molecule has 18 atom stereocenters. The van der Waals surface area contributed by atoms with Crippen LogP contribution in [0.2, 0.25) is 10.0 Å². The van der Waals surface area contributed by atoms with Crippen molar-refractivity contribution in [3.63, 3.8) is 0 Å². The minimum atomic E-state index is -2.26. The highest BCUT2D eigenvalue weighted by Gasteiger charge is 2.52. The first kappa shape index (κ1) is 74.9. The van der Waals surface area contributed by atoms with Gasteiger partial charge in [0.2, 0.25) is 41.6 Å². The van der Waals surface area contributed by atoms with Crippen molar-refractivity contribution in [1.29, 1.82) is 0 Å². The molecule has 0 saturated carbocycles. The number of aliphatic carboxylic acids is 1. The average Bonchev–Trinajstić information content (AvgIpc) is 0.775. The maximum Gasteiger partial charge on any atom is 0.330 e. The second kappa shape index (κ2) is 30.4. The number of nitrogens with two attached hydrogens (primary N) is 2. The van der Waals surface area contributed by atoms with Gasteiger partial charge in [0.1, 0.15) is 83.5 Å². The Kier molecular flexibility index (Phi) is 22.5. The van der Waals surface area contributed by atoms with Crippen molar-refractivity contribution >= 4 is 70.3 Å². The topological polar surface area (TPSA) is 515 Å². The third-order valence-corrected chi connectivity index (χ3v) is 19.0. The van der Waals surface area contributed by atoms with Crippen molar-refractivity contribution < 1.29 is 123 Å². The van der Waals surface area contributed by atoms with Gasteiger partial charge in [0.25, 0.3) is 0 Å². The number of ether oxygens (including phenoxy) is 6. The number of amides is 5. The number of phenols is 3. The molecular weight excluding hydrogens is 1370 g/mol. The number of hydrogen-bond acceptors (Lipinski definition) is 25. The molecule has 7 heterocycles. The van der Waals surface area contributed by atoms with Crippen molar-refractivity contribution in [2.45, 2.75) is 163 Å². The van der Waals surface area contributed by atoms with Crippen LogP contribution < -0.4 is 46.9 Å². The summed E-state index contributed by atoms with van der Waals surface area (Å²) in [7, 11) is 0. The highest BCUT2D eigenvalue weighted by atomic mass is 35.5. The number of carboxylic acids is 1. The van der Waals surface area contributed by atoms with Gasteiger partial charge in [0.15, 0.2) is 47.8 Å². The lowest BCUT2D eigenvalue weighted by atomic mass is 9.84.